The molecule has 1 N–H and O–H groups in total. The summed E-state index contributed by atoms with van der Waals surface area (Å²) in [5, 5.41) is 10.4. The van der Waals surface area contributed by atoms with Crippen molar-refractivity contribution in [2.75, 3.05) is 6.79 Å². The standard InChI is InChI=1S/C12H14O3/c1-12(13,8-2-3-8)9-4-5-10-11(6-9)15-7-14-10/h4-6,8,13H,2-3,7H2,1H3. The predicted molar refractivity (Wildman–Crippen MR) is 54.9 cm³/mol. The highest BCUT2D eigenvalue weighted by atomic mass is 16.7. The maximum absolute atomic E-state index is 10.4. The maximum atomic E-state index is 10.4. The van der Waals surface area contributed by atoms with Crippen LogP contribution in [-0.4, -0.2) is 11.9 Å². The zero-order valence-electron chi connectivity index (χ0n) is 8.69. The third kappa shape index (κ3) is 1.38. The van der Waals surface area contributed by atoms with E-state index >= 15 is 0 Å². The second-order valence-corrected chi connectivity index (χ2v) is 4.49. The minimum atomic E-state index is -0.721. The second-order valence-electron chi connectivity index (χ2n) is 4.49. The van der Waals surface area contributed by atoms with E-state index in [1.165, 1.54) is 0 Å². The molecule has 0 bridgehead atoms. The Balaban J connectivity index is 1.98. The van der Waals surface area contributed by atoms with Crippen molar-refractivity contribution in [1.29, 1.82) is 0 Å². The van der Waals surface area contributed by atoms with Gasteiger partial charge in [0.1, 0.15) is 0 Å². The number of ether oxygens (including phenoxy) is 2. The Morgan fingerprint density at radius 2 is 2.00 bits per heavy atom. The van der Waals surface area contributed by atoms with E-state index in [-0.39, 0.29) is 6.79 Å². The van der Waals surface area contributed by atoms with Gasteiger partial charge in [-0.2, -0.15) is 0 Å². The van der Waals surface area contributed by atoms with Gasteiger partial charge in [0.15, 0.2) is 11.5 Å². The molecular formula is C12H14O3. The molecule has 0 radical (unpaired) electrons. The summed E-state index contributed by atoms with van der Waals surface area (Å²) in [5.74, 6) is 1.91. The van der Waals surface area contributed by atoms with E-state index in [4.69, 9.17) is 9.47 Å². The summed E-state index contributed by atoms with van der Waals surface area (Å²) in [6.07, 6.45) is 2.23. The Kier molecular flexibility index (Phi) is 1.74. The molecule has 2 aliphatic rings. The number of rotatable bonds is 2. The van der Waals surface area contributed by atoms with Crippen LogP contribution in [0.25, 0.3) is 0 Å². The van der Waals surface area contributed by atoms with Gasteiger partial charge >= 0.3 is 0 Å². The van der Waals surface area contributed by atoms with Crippen molar-refractivity contribution in [1.82, 2.24) is 0 Å². The summed E-state index contributed by atoms with van der Waals surface area (Å²) < 4.78 is 10.5. The first kappa shape index (κ1) is 9.04. The van der Waals surface area contributed by atoms with Gasteiger partial charge in [0.2, 0.25) is 6.79 Å². The molecule has 0 saturated heterocycles. The summed E-state index contributed by atoms with van der Waals surface area (Å²) >= 11 is 0. The van der Waals surface area contributed by atoms with Crippen molar-refractivity contribution in [3.05, 3.63) is 23.8 Å². The number of fused-ring (bicyclic) bond motifs is 1. The molecule has 0 aromatic heterocycles. The van der Waals surface area contributed by atoms with Gasteiger partial charge < -0.3 is 14.6 Å². The van der Waals surface area contributed by atoms with Crippen LogP contribution in [0.4, 0.5) is 0 Å². The van der Waals surface area contributed by atoms with Crippen molar-refractivity contribution in [3.63, 3.8) is 0 Å². The largest absolute Gasteiger partial charge is 0.454 e. The average Bonchev–Trinajstić information content (AvgIpc) is 2.97. The smallest absolute Gasteiger partial charge is 0.231 e. The monoisotopic (exact) mass is 206 g/mol. The molecule has 1 aromatic carbocycles. The summed E-state index contributed by atoms with van der Waals surface area (Å²) in [5.41, 5.74) is 0.204. The van der Waals surface area contributed by atoms with Crippen LogP contribution in [0, 0.1) is 5.92 Å². The molecule has 3 heteroatoms. The molecule has 1 atom stereocenters. The van der Waals surface area contributed by atoms with E-state index < -0.39 is 5.60 Å². The molecule has 1 heterocycles. The van der Waals surface area contributed by atoms with Crippen molar-refractivity contribution >= 4 is 0 Å². The van der Waals surface area contributed by atoms with Crippen LogP contribution in [0.2, 0.25) is 0 Å². The summed E-state index contributed by atoms with van der Waals surface area (Å²) in [6.45, 7) is 2.16. The van der Waals surface area contributed by atoms with Gasteiger partial charge in [0.05, 0.1) is 5.60 Å². The van der Waals surface area contributed by atoms with Crippen LogP contribution in [0.5, 0.6) is 11.5 Å². The van der Waals surface area contributed by atoms with Crippen molar-refractivity contribution < 1.29 is 14.6 Å². The molecule has 1 fully saturated rings. The van der Waals surface area contributed by atoms with Gasteiger partial charge in [-0.1, -0.05) is 6.07 Å². The van der Waals surface area contributed by atoms with E-state index in [1.807, 2.05) is 25.1 Å². The second kappa shape index (κ2) is 2.89. The SMILES string of the molecule is CC(O)(c1ccc2c(c1)OCO2)C1CC1. The van der Waals surface area contributed by atoms with Crippen LogP contribution < -0.4 is 9.47 Å². The summed E-state index contributed by atoms with van der Waals surface area (Å²) in [7, 11) is 0. The topological polar surface area (TPSA) is 38.7 Å². The van der Waals surface area contributed by atoms with Gasteiger partial charge in [-0.3, -0.25) is 0 Å². The van der Waals surface area contributed by atoms with E-state index in [2.05, 4.69) is 0 Å². The maximum Gasteiger partial charge on any atom is 0.231 e. The molecule has 1 aromatic rings. The van der Waals surface area contributed by atoms with Gasteiger partial charge in [0, 0.05) is 0 Å². The Morgan fingerprint density at radius 3 is 2.73 bits per heavy atom. The average molecular weight is 206 g/mol. The predicted octanol–water partition coefficient (Wildman–Crippen LogP) is 2.03. The van der Waals surface area contributed by atoms with Crippen molar-refractivity contribution in [3.8, 4) is 11.5 Å². The van der Waals surface area contributed by atoms with Gasteiger partial charge in [-0.15, -0.1) is 0 Å². The first-order valence-electron chi connectivity index (χ1n) is 5.30. The number of benzene rings is 1. The minimum Gasteiger partial charge on any atom is -0.454 e. The highest BCUT2D eigenvalue weighted by Gasteiger charge is 2.41. The molecule has 80 valence electrons. The van der Waals surface area contributed by atoms with Crippen molar-refractivity contribution in [2.24, 2.45) is 5.92 Å². The molecular weight excluding hydrogens is 192 g/mol. The Hall–Kier alpha value is -1.22. The van der Waals surface area contributed by atoms with Crippen LogP contribution >= 0.6 is 0 Å². The molecule has 1 unspecified atom stereocenters. The number of hydrogen-bond acceptors (Lipinski definition) is 3. The third-order valence-corrected chi connectivity index (χ3v) is 3.33. The quantitative estimate of drug-likeness (QED) is 0.804. The zero-order valence-corrected chi connectivity index (χ0v) is 8.69. The summed E-state index contributed by atoms with van der Waals surface area (Å²) in [4.78, 5) is 0. The first-order chi connectivity index (χ1) is 7.18. The van der Waals surface area contributed by atoms with E-state index in [9.17, 15) is 5.11 Å². The minimum absolute atomic E-state index is 0.282. The lowest BCUT2D eigenvalue weighted by Crippen LogP contribution is -2.23. The van der Waals surface area contributed by atoms with E-state index in [0.29, 0.717) is 5.92 Å². The van der Waals surface area contributed by atoms with Gasteiger partial charge in [0.25, 0.3) is 0 Å². The lowest BCUT2D eigenvalue weighted by Gasteiger charge is -2.23. The highest BCUT2D eigenvalue weighted by Crippen LogP contribution is 2.47. The van der Waals surface area contributed by atoms with Crippen LogP contribution in [0.1, 0.15) is 25.3 Å². The lowest BCUT2D eigenvalue weighted by molar-refractivity contribution is 0.0329. The lowest BCUT2D eigenvalue weighted by atomic mass is 9.91. The summed E-state index contributed by atoms with van der Waals surface area (Å²) in [6, 6.07) is 5.68. The molecule has 0 amide bonds. The zero-order chi connectivity index (χ0) is 10.5. The molecule has 3 nitrogen and oxygen atoms in total. The third-order valence-electron chi connectivity index (χ3n) is 3.33. The molecule has 3 rings (SSSR count). The fraction of sp³-hybridized carbons (Fsp3) is 0.500. The normalized spacial score (nSPS) is 22.5. The van der Waals surface area contributed by atoms with Crippen LogP contribution in [-0.2, 0) is 5.60 Å². The molecule has 1 aliphatic carbocycles. The Morgan fingerprint density at radius 1 is 1.27 bits per heavy atom. The van der Waals surface area contributed by atoms with Crippen LogP contribution in [0.15, 0.2) is 18.2 Å². The van der Waals surface area contributed by atoms with Crippen LogP contribution in [0.3, 0.4) is 0 Å². The van der Waals surface area contributed by atoms with Gasteiger partial charge in [-0.05, 0) is 43.4 Å². The molecule has 15 heavy (non-hydrogen) atoms. The van der Waals surface area contributed by atoms with Gasteiger partial charge in [-0.25, -0.2) is 0 Å². The van der Waals surface area contributed by atoms with Crippen molar-refractivity contribution in [2.45, 2.75) is 25.4 Å². The molecule has 1 saturated carbocycles. The number of hydrogen-bond donors (Lipinski definition) is 1. The molecule has 1 aliphatic heterocycles. The first-order valence-corrected chi connectivity index (χ1v) is 5.30. The van der Waals surface area contributed by atoms with E-state index in [0.717, 1.165) is 29.9 Å². The number of aliphatic hydroxyl groups is 1. The fourth-order valence-electron chi connectivity index (χ4n) is 2.09. The highest BCUT2D eigenvalue weighted by molar-refractivity contribution is 5.46. The Bertz CT molecular complexity index is 394. The molecule has 0 spiro atoms. The van der Waals surface area contributed by atoms with E-state index in [1.54, 1.807) is 0 Å². The fourth-order valence-corrected chi connectivity index (χ4v) is 2.09. The Labute approximate surface area is 88.6 Å².